The van der Waals surface area contributed by atoms with E-state index in [9.17, 15) is 5.26 Å². The Balaban J connectivity index is 1.29. The van der Waals surface area contributed by atoms with Crippen molar-refractivity contribution in [3.8, 4) is 23.3 Å². The van der Waals surface area contributed by atoms with Crippen LogP contribution >= 0.6 is 11.9 Å². The Labute approximate surface area is 251 Å². The predicted molar refractivity (Wildman–Crippen MR) is 170 cm³/mol. The lowest BCUT2D eigenvalue weighted by Gasteiger charge is -2.28. The topological polar surface area (TPSA) is 70.7 Å². The molecule has 1 heterocycles. The number of hydrogen-bond acceptors (Lipinski definition) is 7. The number of benzene rings is 4. The van der Waals surface area contributed by atoms with Crippen LogP contribution in [0.2, 0.25) is 0 Å². The molecule has 0 saturated carbocycles. The molecule has 42 heavy (non-hydrogen) atoms. The van der Waals surface area contributed by atoms with Crippen molar-refractivity contribution in [1.29, 1.82) is 5.26 Å². The van der Waals surface area contributed by atoms with Crippen molar-refractivity contribution in [3.05, 3.63) is 137 Å². The van der Waals surface area contributed by atoms with Crippen LogP contribution in [0.5, 0.6) is 17.2 Å². The largest absolute Gasteiger partial charge is 0.493 e. The standard InChI is InChI=1S/C35H33N3O3S/c1-26-34(37-42-2)12-5-13-35(26)38(25-29-8-3-7-28(21-29)23-36)24-27-14-16-31(17-15-27)41-33-10-4-9-32(22-33)40-20-18-30-11-6-19-39-30/h3-17,19,21-22,37H,18,20,24-25H2,1-2H3. The molecule has 0 fully saturated rings. The molecule has 1 N–H and O–H groups in total. The van der Waals surface area contributed by atoms with Gasteiger partial charge in [-0.2, -0.15) is 5.26 Å². The summed E-state index contributed by atoms with van der Waals surface area (Å²) in [6.07, 6.45) is 4.40. The van der Waals surface area contributed by atoms with Gasteiger partial charge in [0.05, 0.1) is 24.5 Å². The maximum absolute atomic E-state index is 9.41. The minimum Gasteiger partial charge on any atom is -0.493 e. The minimum absolute atomic E-state index is 0.526. The summed E-state index contributed by atoms with van der Waals surface area (Å²) in [5.41, 5.74) is 6.30. The Morgan fingerprint density at radius 1 is 0.833 bits per heavy atom. The first-order valence-electron chi connectivity index (χ1n) is 13.8. The molecular weight excluding hydrogens is 542 g/mol. The van der Waals surface area contributed by atoms with Crippen LogP contribution < -0.4 is 19.1 Å². The van der Waals surface area contributed by atoms with Gasteiger partial charge in [-0.3, -0.25) is 0 Å². The number of rotatable bonds is 13. The SMILES string of the molecule is CSNc1cccc(N(Cc2ccc(Oc3cccc(OCCc4ccco4)c3)cc2)Cc2cccc(C#N)c2)c1C. The summed E-state index contributed by atoms with van der Waals surface area (Å²) in [6.45, 7) is 4.03. The highest BCUT2D eigenvalue weighted by Gasteiger charge is 2.14. The Bertz CT molecular complexity index is 1630. The normalized spacial score (nSPS) is 10.6. The van der Waals surface area contributed by atoms with Crippen molar-refractivity contribution < 1.29 is 13.9 Å². The molecule has 0 unspecified atom stereocenters. The maximum Gasteiger partial charge on any atom is 0.131 e. The van der Waals surface area contributed by atoms with E-state index in [0.717, 1.165) is 39.8 Å². The molecule has 0 aliphatic rings. The van der Waals surface area contributed by atoms with E-state index in [1.165, 1.54) is 5.56 Å². The van der Waals surface area contributed by atoms with Crippen LogP contribution in [0.25, 0.3) is 0 Å². The molecule has 1 aromatic heterocycles. The third-order valence-electron chi connectivity index (χ3n) is 6.82. The summed E-state index contributed by atoms with van der Waals surface area (Å²) in [6, 6.07) is 36.0. The fourth-order valence-electron chi connectivity index (χ4n) is 4.74. The van der Waals surface area contributed by atoms with E-state index in [2.05, 4.69) is 59.0 Å². The lowest BCUT2D eigenvalue weighted by Crippen LogP contribution is -2.23. The number of nitrogens with one attached hydrogen (secondary N) is 1. The first kappa shape index (κ1) is 28.7. The smallest absolute Gasteiger partial charge is 0.131 e. The number of nitriles is 1. The Hall–Kier alpha value is -4.80. The van der Waals surface area contributed by atoms with E-state index in [1.807, 2.05) is 73.0 Å². The van der Waals surface area contributed by atoms with Crippen LogP contribution in [0.1, 0.15) is 28.0 Å². The predicted octanol–water partition coefficient (Wildman–Crippen LogP) is 8.77. The zero-order valence-corrected chi connectivity index (χ0v) is 24.6. The molecule has 0 aliphatic heterocycles. The van der Waals surface area contributed by atoms with Gasteiger partial charge in [0, 0.05) is 43.2 Å². The summed E-state index contributed by atoms with van der Waals surface area (Å²) in [7, 11) is 0. The van der Waals surface area contributed by atoms with Crippen molar-refractivity contribution in [2.24, 2.45) is 0 Å². The fraction of sp³-hybridized carbons (Fsp3) is 0.171. The highest BCUT2D eigenvalue weighted by Crippen LogP contribution is 2.31. The number of furan rings is 1. The number of nitrogens with zero attached hydrogens (tertiary/aromatic N) is 2. The summed E-state index contributed by atoms with van der Waals surface area (Å²) < 4.78 is 20.8. The molecule has 212 valence electrons. The van der Waals surface area contributed by atoms with Crippen molar-refractivity contribution in [3.63, 3.8) is 0 Å². The van der Waals surface area contributed by atoms with Gasteiger partial charge in [0.1, 0.15) is 23.0 Å². The monoisotopic (exact) mass is 575 g/mol. The van der Waals surface area contributed by atoms with Crippen molar-refractivity contribution in [1.82, 2.24) is 0 Å². The fourth-order valence-corrected chi connectivity index (χ4v) is 5.18. The first-order chi connectivity index (χ1) is 20.6. The minimum atomic E-state index is 0.526. The van der Waals surface area contributed by atoms with E-state index < -0.39 is 0 Å². The van der Waals surface area contributed by atoms with Crippen LogP contribution in [0.4, 0.5) is 11.4 Å². The molecule has 0 atom stereocenters. The third-order valence-corrected chi connectivity index (χ3v) is 7.25. The third kappa shape index (κ3) is 7.68. The van der Waals surface area contributed by atoms with Gasteiger partial charge in [-0.15, -0.1) is 0 Å². The van der Waals surface area contributed by atoms with Crippen LogP contribution in [0, 0.1) is 18.3 Å². The lowest BCUT2D eigenvalue weighted by molar-refractivity contribution is 0.308. The molecule has 0 radical (unpaired) electrons. The summed E-state index contributed by atoms with van der Waals surface area (Å²) in [5.74, 6) is 3.12. The van der Waals surface area contributed by atoms with Crippen molar-refractivity contribution in [2.75, 3.05) is 22.5 Å². The van der Waals surface area contributed by atoms with Crippen LogP contribution in [0.3, 0.4) is 0 Å². The second-order valence-corrected chi connectivity index (χ2v) is 10.4. The second-order valence-electron chi connectivity index (χ2n) is 9.82. The summed E-state index contributed by atoms with van der Waals surface area (Å²) in [5, 5.41) is 9.41. The highest BCUT2D eigenvalue weighted by atomic mass is 32.2. The molecule has 6 nitrogen and oxygen atoms in total. The molecule has 0 bridgehead atoms. The van der Waals surface area contributed by atoms with Crippen molar-refractivity contribution >= 4 is 23.3 Å². The van der Waals surface area contributed by atoms with Crippen LogP contribution in [-0.4, -0.2) is 12.9 Å². The first-order valence-corrected chi connectivity index (χ1v) is 15.0. The molecule has 0 aliphatic carbocycles. The average Bonchev–Trinajstić information content (AvgIpc) is 3.53. The zero-order chi connectivity index (χ0) is 29.1. The number of anilines is 2. The average molecular weight is 576 g/mol. The van der Waals surface area contributed by atoms with E-state index in [-0.39, 0.29) is 0 Å². The quantitative estimate of drug-likeness (QED) is 0.141. The van der Waals surface area contributed by atoms with Gasteiger partial charge in [-0.05, 0) is 84.3 Å². The van der Waals surface area contributed by atoms with Gasteiger partial charge in [0.2, 0.25) is 0 Å². The van der Waals surface area contributed by atoms with E-state index in [4.69, 9.17) is 13.9 Å². The molecule has 0 amide bonds. The van der Waals surface area contributed by atoms with Gasteiger partial charge in [0.25, 0.3) is 0 Å². The van der Waals surface area contributed by atoms with Gasteiger partial charge >= 0.3 is 0 Å². The molecule has 7 heteroatoms. The summed E-state index contributed by atoms with van der Waals surface area (Å²) in [4.78, 5) is 2.34. The Morgan fingerprint density at radius 3 is 2.40 bits per heavy atom. The highest BCUT2D eigenvalue weighted by molar-refractivity contribution is 7.99. The number of hydrogen-bond donors (Lipinski definition) is 1. The number of ether oxygens (including phenoxy) is 2. The lowest BCUT2D eigenvalue weighted by atomic mass is 10.1. The molecule has 5 aromatic rings. The van der Waals surface area contributed by atoms with Crippen molar-refractivity contribution in [2.45, 2.75) is 26.4 Å². The Kier molecular flexibility index (Phi) is 9.71. The molecule has 0 saturated heterocycles. The van der Waals surface area contributed by atoms with Crippen LogP contribution in [0.15, 0.2) is 114 Å². The molecule has 0 spiro atoms. The molecular formula is C35H33N3O3S. The maximum atomic E-state index is 9.41. The second kappa shape index (κ2) is 14.2. The van der Waals surface area contributed by atoms with Gasteiger partial charge in [-0.25, -0.2) is 0 Å². The molecule has 5 rings (SSSR count). The van der Waals surface area contributed by atoms with E-state index in [1.54, 1.807) is 18.2 Å². The molecule has 4 aromatic carbocycles. The van der Waals surface area contributed by atoms with Gasteiger partial charge in [-0.1, -0.05) is 48.3 Å². The van der Waals surface area contributed by atoms with Gasteiger partial charge < -0.3 is 23.5 Å². The van der Waals surface area contributed by atoms with Crippen LogP contribution in [-0.2, 0) is 19.5 Å². The zero-order valence-electron chi connectivity index (χ0n) is 23.7. The van der Waals surface area contributed by atoms with E-state index in [0.29, 0.717) is 37.4 Å². The summed E-state index contributed by atoms with van der Waals surface area (Å²) >= 11 is 1.58. The van der Waals surface area contributed by atoms with Gasteiger partial charge in [0.15, 0.2) is 0 Å². The van der Waals surface area contributed by atoms with E-state index >= 15 is 0 Å². The Morgan fingerprint density at radius 2 is 1.62 bits per heavy atom.